The first kappa shape index (κ1) is 9.47. The fourth-order valence-corrected chi connectivity index (χ4v) is 1.76. The molecule has 2 rings (SSSR count). The van der Waals surface area contributed by atoms with Crippen LogP contribution in [0.5, 0.6) is 0 Å². The van der Waals surface area contributed by atoms with Gasteiger partial charge in [0.1, 0.15) is 11.7 Å². The number of nitrogens with zero attached hydrogens (tertiary/aromatic N) is 2. The zero-order chi connectivity index (χ0) is 9.97. The summed E-state index contributed by atoms with van der Waals surface area (Å²) in [6.45, 7) is 0.244. The highest BCUT2D eigenvalue weighted by Crippen LogP contribution is 2.13. The normalized spacial score (nSPS) is 26.4. The van der Waals surface area contributed by atoms with Crippen molar-refractivity contribution in [2.24, 2.45) is 0 Å². The van der Waals surface area contributed by atoms with Gasteiger partial charge in [0.2, 0.25) is 11.0 Å². The Morgan fingerprint density at radius 2 is 2.64 bits per heavy atom. The minimum Gasteiger partial charge on any atom is -0.303 e. The number of carbonyl (C=O) groups is 1. The lowest BCUT2D eigenvalue weighted by Crippen LogP contribution is -2.35. The van der Waals surface area contributed by atoms with E-state index >= 15 is 0 Å². The maximum absolute atomic E-state index is 12.7. The molecule has 0 unspecified atom stereocenters. The maximum Gasteiger partial charge on any atom is 0.243 e. The predicted octanol–water partition coefficient (Wildman–Crippen LogP) is 0.177. The third-order valence-corrected chi connectivity index (χ3v) is 2.59. The van der Waals surface area contributed by atoms with Crippen LogP contribution in [0.4, 0.5) is 9.52 Å². The van der Waals surface area contributed by atoms with Gasteiger partial charge in [-0.2, -0.15) is 0 Å². The first-order valence-corrected chi connectivity index (χ1v) is 5.08. The van der Waals surface area contributed by atoms with E-state index in [0.29, 0.717) is 5.13 Å². The number of alkyl halides is 1. The number of amides is 1. The molecule has 1 amide bonds. The number of nitrogens with one attached hydrogen (secondary N) is 2. The van der Waals surface area contributed by atoms with Crippen LogP contribution in [0.15, 0.2) is 5.51 Å². The zero-order valence-electron chi connectivity index (χ0n) is 7.24. The smallest absolute Gasteiger partial charge is 0.243 e. The van der Waals surface area contributed by atoms with Crippen LogP contribution >= 0.6 is 11.3 Å². The van der Waals surface area contributed by atoms with Gasteiger partial charge in [-0.25, -0.2) is 4.39 Å². The minimum atomic E-state index is -0.930. The van der Waals surface area contributed by atoms with Crippen molar-refractivity contribution in [1.29, 1.82) is 0 Å². The molecule has 2 N–H and O–H groups in total. The summed E-state index contributed by atoms with van der Waals surface area (Å²) in [5.41, 5.74) is 1.52. The molecule has 0 radical (unpaired) electrons. The van der Waals surface area contributed by atoms with Gasteiger partial charge >= 0.3 is 0 Å². The van der Waals surface area contributed by atoms with Gasteiger partial charge < -0.3 is 5.32 Å². The molecule has 1 fully saturated rings. The van der Waals surface area contributed by atoms with Gasteiger partial charge in [-0.05, 0) is 0 Å². The molecule has 0 bridgehead atoms. The van der Waals surface area contributed by atoms with Crippen molar-refractivity contribution in [3.63, 3.8) is 0 Å². The Balaban J connectivity index is 1.90. The molecule has 14 heavy (non-hydrogen) atoms. The lowest BCUT2D eigenvalue weighted by molar-refractivity contribution is -0.117. The third kappa shape index (κ3) is 2.05. The van der Waals surface area contributed by atoms with E-state index in [4.69, 9.17) is 0 Å². The van der Waals surface area contributed by atoms with Crippen LogP contribution in [0.2, 0.25) is 0 Å². The molecule has 0 saturated carbocycles. The number of carbonyl (C=O) groups excluding carboxylic acids is 1. The number of rotatable bonds is 2. The summed E-state index contributed by atoms with van der Waals surface area (Å²) in [4.78, 5) is 11.5. The molecule has 2 atom stereocenters. The van der Waals surface area contributed by atoms with Crippen LogP contribution in [0, 0.1) is 0 Å². The van der Waals surface area contributed by atoms with Crippen molar-refractivity contribution in [2.45, 2.75) is 18.6 Å². The average Bonchev–Trinajstić information content (AvgIpc) is 2.75. The molecule has 0 aromatic carbocycles. The maximum atomic E-state index is 12.7. The zero-order valence-corrected chi connectivity index (χ0v) is 8.05. The van der Waals surface area contributed by atoms with Crippen molar-refractivity contribution >= 4 is 22.4 Å². The molecule has 1 aliphatic rings. The second-order valence-electron chi connectivity index (χ2n) is 3.03. The summed E-state index contributed by atoms with van der Waals surface area (Å²) in [5.74, 6) is -0.248. The lowest BCUT2D eigenvalue weighted by atomic mass is 10.2. The SMILES string of the molecule is O=C(Nc1nncs1)[C@@H]1C[C@@H](F)CN1. The van der Waals surface area contributed by atoms with Crippen molar-refractivity contribution in [1.82, 2.24) is 15.5 Å². The Labute approximate surface area is 83.7 Å². The standard InChI is InChI=1S/C7H9FN4OS/c8-4-1-5(9-2-4)6(13)11-7-12-10-3-14-7/h3-5,9H,1-2H2,(H,11,12,13)/t4-,5+/m1/s1. The van der Waals surface area contributed by atoms with E-state index in [0.717, 1.165) is 0 Å². The van der Waals surface area contributed by atoms with E-state index in [1.807, 2.05) is 0 Å². The summed E-state index contributed by atoms with van der Waals surface area (Å²) < 4.78 is 12.7. The molecule has 2 heterocycles. The first-order chi connectivity index (χ1) is 6.75. The Bertz CT molecular complexity index is 317. The minimum absolute atomic E-state index is 0.227. The van der Waals surface area contributed by atoms with Gasteiger partial charge in [0.15, 0.2) is 0 Å². The van der Waals surface area contributed by atoms with Crippen LogP contribution in [0.1, 0.15) is 6.42 Å². The van der Waals surface area contributed by atoms with Crippen LogP contribution in [-0.2, 0) is 4.79 Å². The topological polar surface area (TPSA) is 66.9 Å². The fraction of sp³-hybridized carbons (Fsp3) is 0.571. The fourth-order valence-electron chi connectivity index (χ4n) is 1.31. The van der Waals surface area contributed by atoms with Crippen LogP contribution < -0.4 is 10.6 Å². The third-order valence-electron chi connectivity index (χ3n) is 1.98. The number of halogens is 1. The summed E-state index contributed by atoms with van der Waals surface area (Å²) in [5, 5.41) is 13.0. The van der Waals surface area contributed by atoms with Gasteiger partial charge in [-0.1, -0.05) is 11.3 Å². The van der Waals surface area contributed by atoms with E-state index in [2.05, 4.69) is 20.8 Å². The van der Waals surface area contributed by atoms with E-state index < -0.39 is 12.2 Å². The monoisotopic (exact) mass is 216 g/mol. The molecular formula is C7H9FN4OS. The lowest BCUT2D eigenvalue weighted by Gasteiger charge is -2.07. The second kappa shape index (κ2) is 3.97. The largest absolute Gasteiger partial charge is 0.303 e. The summed E-state index contributed by atoms with van der Waals surface area (Å²) >= 11 is 1.24. The first-order valence-electron chi connectivity index (χ1n) is 4.20. The van der Waals surface area contributed by atoms with Gasteiger partial charge in [-0.3, -0.25) is 10.1 Å². The predicted molar refractivity (Wildman–Crippen MR) is 49.8 cm³/mol. The Hall–Kier alpha value is -1.08. The van der Waals surface area contributed by atoms with Crippen molar-refractivity contribution in [2.75, 3.05) is 11.9 Å². The molecule has 1 aromatic heterocycles. The van der Waals surface area contributed by atoms with Gasteiger partial charge in [0.05, 0.1) is 6.04 Å². The van der Waals surface area contributed by atoms with Gasteiger partial charge in [-0.15, -0.1) is 10.2 Å². The summed E-state index contributed by atoms with van der Waals surface area (Å²) in [6, 6.07) is -0.450. The Morgan fingerprint density at radius 3 is 3.21 bits per heavy atom. The molecular weight excluding hydrogens is 207 g/mol. The number of hydrogen-bond donors (Lipinski definition) is 2. The average molecular weight is 216 g/mol. The van der Waals surface area contributed by atoms with Crippen LogP contribution in [0.3, 0.4) is 0 Å². The quantitative estimate of drug-likeness (QED) is 0.740. The van der Waals surface area contributed by atoms with Gasteiger partial charge in [0, 0.05) is 13.0 Å². The van der Waals surface area contributed by atoms with E-state index in [1.165, 1.54) is 16.8 Å². The molecule has 76 valence electrons. The highest BCUT2D eigenvalue weighted by atomic mass is 32.1. The number of aromatic nitrogens is 2. The summed E-state index contributed by atoms with van der Waals surface area (Å²) in [7, 11) is 0. The molecule has 0 spiro atoms. The Morgan fingerprint density at radius 1 is 1.79 bits per heavy atom. The van der Waals surface area contributed by atoms with Gasteiger partial charge in [0.25, 0.3) is 0 Å². The second-order valence-corrected chi connectivity index (χ2v) is 3.86. The Kier molecular flexibility index (Phi) is 2.69. The van der Waals surface area contributed by atoms with Crippen LogP contribution in [0.25, 0.3) is 0 Å². The molecule has 1 saturated heterocycles. The van der Waals surface area contributed by atoms with Crippen molar-refractivity contribution < 1.29 is 9.18 Å². The highest BCUT2D eigenvalue weighted by molar-refractivity contribution is 7.13. The molecule has 5 nitrogen and oxygen atoms in total. The number of anilines is 1. The van der Waals surface area contributed by atoms with Crippen molar-refractivity contribution in [3.05, 3.63) is 5.51 Å². The number of hydrogen-bond acceptors (Lipinski definition) is 5. The molecule has 1 aliphatic heterocycles. The highest BCUT2D eigenvalue weighted by Gasteiger charge is 2.29. The van der Waals surface area contributed by atoms with E-state index in [9.17, 15) is 9.18 Å². The van der Waals surface area contributed by atoms with E-state index in [-0.39, 0.29) is 18.9 Å². The summed E-state index contributed by atoms with van der Waals surface area (Å²) in [6.07, 6.45) is -0.704. The molecule has 1 aromatic rings. The van der Waals surface area contributed by atoms with Crippen LogP contribution in [-0.4, -0.2) is 34.9 Å². The van der Waals surface area contributed by atoms with E-state index in [1.54, 1.807) is 0 Å². The molecule has 0 aliphatic carbocycles. The molecule has 7 heteroatoms. The van der Waals surface area contributed by atoms with Crippen molar-refractivity contribution in [3.8, 4) is 0 Å².